The molecule has 0 bridgehead atoms. The number of ether oxygens (including phenoxy) is 2. The molecule has 0 saturated heterocycles. The molecule has 2 heterocycles. The number of rotatable bonds is 35. The number of aromatic nitrogens is 1. The number of unbranched alkanes of at least 4 members (excludes halogenated alkanes) is 2. The third-order valence-electron chi connectivity index (χ3n) is 15.8. The maximum atomic E-state index is 14.8. The van der Waals surface area contributed by atoms with Gasteiger partial charge in [-0.1, -0.05) is 111 Å². The minimum absolute atomic E-state index is 0.0319. The Labute approximate surface area is 539 Å². The van der Waals surface area contributed by atoms with Gasteiger partial charge < -0.3 is 55.9 Å². The third kappa shape index (κ3) is 23.9. The van der Waals surface area contributed by atoms with Gasteiger partial charge in [-0.25, -0.2) is 9.78 Å². The lowest BCUT2D eigenvalue weighted by molar-refractivity contribution is -0.915. The number of aliphatic carboxylic acids is 1. The summed E-state index contributed by atoms with van der Waals surface area (Å²) in [6.07, 6.45) is 4.10. The average molecular weight is 1290 g/mol. The topological polar surface area (TPSA) is 318 Å². The number of carbonyl (C=O) groups is 11. The summed E-state index contributed by atoms with van der Waals surface area (Å²) in [6, 6.07) is 10.7. The molecule has 24 nitrogen and oxygen atoms in total. The molecule has 500 valence electrons. The number of hydrogen-bond donors (Lipinski definition) is 7. The Balaban J connectivity index is 1.45. The minimum Gasteiger partial charge on any atom is -0.481 e. The number of esters is 1. The van der Waals surface area contributed by atoms with Gasteiger partial charge in [-0.3, -0.25) is 52.8 Å². The monoisotopic (exact) mass is 1290 g/mol. The van der Waals surface area contributed by atoms with Gasteiger partial charge in [0.25, 0.3) is 23.6 Å². The number of alkyl carbamates (subject to hydrolysis) is 1. The molecule has 91 heavy (non-hydrogen) atoms. The Kier molecular flexibility index (Phi) is 29.0. The van der Waals surface area contributed by atoms with E-state index in [1.54, 1.807) is 71.0 Å². The van der Waals surface area contributed by atoms with E-state index in [0.717, 1.165) is 53.9 Å². The summed E-state index contributed by atoms with van der Waals surface area (Å²) < 4.78 is 11.4. The van der Waals surface area contributed by atoms with E-state index in [2.05, 4.69) is 43.8 Å². The summed E-state index contributed by atoms with van der Waals surface area (Å²) in [7, 11) is 3.65. The van der Waals surface area contributed by atoms with Crippen molar-refractivity contribution in [2.45, 2.75) is 189 Å². The highest BCUT2D eigenvalue weighted by atomic mass is 32.1. The number of hydrogen-bond acceptors (Lipinski definition) is 15. The molecule has 0 saturated carbocycles. The lowest BCUT2D eigenvalue weighted by Gasteiger charge is -2.38. The van der Waals surface area contributed by atoms with Crippen LogP contribution in [0.3, 0.4) is 0 Å². The number of nitrogens with zero attached hydrogens (tertiary/aromatic N) is 4. The highest BCUT2D eigenvalue weighted by molar-refractivity contribution is 7.09. The van der Waals surface area contributed by atoms with Crippen LogP contribution in [0.1, 0.15) is 161 Å². The number of benzene rings is 2. The molecule has 9 amide bonds. The van der Waals surface area contributed by atoms with Crippen LogP contribution in [-0.2, 0) is 65.6 Å². The lowest BCUT2D eigenvalue weighted by atomic mass is 9.93. The Hall–Kier alpha value is -8.06. The highest BCUT2D eigenvalue weighted by Crippen LogP contribution is 2.32. The van der Waals surface area contributed by atoms with Gasteiger partial charge >= 0.3 is 18.0 Å². The number of carboxylic acids is 1. The van der Waals surface area contributed by atoms with Crippen LogP contribution in [0, 0.1) is 23.7 Å². The molecule has 2 aromatic carbocycles. The van der Waals surface area contributed by atoms with Gasteiger partial charge in [-0.2, -0.15) is 0 Å². The third-order valence-corrected chi connectivity index (χ3v) is 16.8. The predicted molar refractivity (Wildman–Crippen MR) is 344 cm³/mol. The average Bonchev–Trinajstić information content (AvgIpc) is 2.62. The van der Waals surface area contributed by atoms with Crippen LogP contribution in [0.5, 0.6) is 0 Å². The fourth-order valence-corrected chi connectivity index (χ4v) is 11.4. The number of quaternary nitrogens is 1. The van der Waals surface area contributed by atoms with Crippen molar-refractivity contribution in [3.8, 4) is 0 Å². The molecular weight excluding hydrogens is 1190 g/mol. The van der Waals surface area contributed by atoms with Crippen LogP contribution in [0.15, 0.2) is 72.1 Å². The number of amides is 9. The normalized spacial score (nSPS) is 16.0. The second-order valence-corrected chi connectivity index (χ2v) is 26.6. The number of imide groups is 1. The van der Waals surface area contributed by atoms with Crippen molar-refractivity contribution < 1.29 is 71.8 Å². The van der Waals surface area contributed by atoms with E-state index >= 15 is 0 Å². The molecule has 0 radical (unpaired) electrons. The zero-order valence-corrected chi connectivity index (χ0v) is 56.3. The van der Waals surface area contributed by atoms with Gasteiger partial charge in [0.2, 0.25) is 23.6 Å². The van der Waals surface area contributed by atoms with E-state index in [-0.39, 0.29) is 53.2 Å². The Morgan fingerprint density at radius 3 is 1.97 bits per heavy atom. The Morgan fingerprint density at radius 1 is 0.769 bits per heavy atom. The fourth-order valence-electron chi connectivity index (χ4n) is 10.6. The first kappa shape index (κ1) is 75.4. The molecular formula is C66H97N10O14S+. The van der Waals surface area contributed by atoms with Crippen LogP contribution >= 0.6 is 11.3 Å². The summed E-state index contributed by atoms with van der Waals surface area (Å²) in [5.41, 5.74) is 1.39. The number of carboxylic acid groups (broad SMARTS) is 1. The molecule has 1 aliphatic heterocycles. The van der Waals surface area contributed by atoms with Crippen molar-refractivity contribution in [2.75, 3.05) is 39.0 Å². The number of anilines is 1. The number of likely N-dealkylation sites (N-methyl/N-ethyl adjacent to an activating group) is 2. The summed E-state index contributed by atoms with van der Waals surface area (Å²) in [5, 5.41) is 28.1. The Morgan fingerprint density at radius 2 is 1.41 bits per heavy atom. The molecule has 0 spiro atoms. The largest absolute Gasteiger partial charge is 0.481 e. The molecule has 1 unspecified atom stereocenters. The molecule has 3 aromatic rings. The summed E-state index contributed by atoms with van der Waals surface area (Å²) in [5.74, 6) is -8.23. The van der Waals surface area contributed by atoms with E-state index in [1.165, 1.54) is 13.8 Å². The van der Waals surface area contributed by atoms with Crippen molar-refractivity contribution in [3.63, 3.8) is 0 Å². The zero-order chi connectivity index (χ0) is 68.1. The second kappa shape index (κ2) is 34.9. The summed E-state index contributed by atoms with van der Waals surface area (Å²) in [4.78, 5) is 153. The van der Waals surface area contributed by atoms with E-state index in [9.17, 15) is 57.8 Å². The molecule has 7 N–H and O–H groups in total. The smallest absolute Gasteiger partial charge is 0.407 e. The summed E-state index contributed by atoms with van der Waals surface area (Å²) in [6.45, 7) is 23.0. The maximum Gasteiger partial charge on any atom is 0.407 e. The molecule has 0 fully saturated rings. The van der Waals surface area contributed by atoms with Crippen LogP contribution in [0.25, 0.3) is 0 Å². The van der Waals surface area contributed by atoms with Crippen molar-refractivity contribution >= 4 is 82.3 Å². The van der Waals surface area contributed by atoms with Gasteiger partial charge in [-0.15, -0.1) is 11.3 Å². The van der Waals surface area contributed by atoms with Crippen LogP contribution < -0.4 is 31.9 Å². The van der Waals surface area contributed by atoms with Crippen LogP contribution in [0.2, 0.25) is 0 Å². The van der Waals surface area contributed by atoms with Gasteiger partial charge in [0.15, 0.2) is 12.6 Å². The quantitative estimate of drug-likeness (QED) is 0.0137. The molecule has 1 aromatic heterocycles. The predicted octanol–water partition coefficient (Wildman–Crippen LogP) is 6.84. The first-order valence-electron chi connectivity index (χ1n) is 31.3. The molecule has 4 rings (SSSR count). The van der Waals surface area contributed by atoms with E-state index < -0.39 is 120 Å². The molecule has 25 heteroatoms. The zero-order valence-electron chi connectivity index (χ0n) is 55.5. The second-order valence-electron chi connectivity index (χ2n) is 25.7. The van der Waals surface area contributed by atoms with Crippen molar-refractivity contribution in [1.82, 2.24) is 41.4 Å². The van der Waals surface area contributed by atoms with Crippen molar-refractivity contribution in [1.29, 1.82) is 0 Å². The van der Waals surface area contributed by atoms with E-state index in [4.69, 9.17) is 9.47 Å². The Bertz CT molecular complexity index is 3020. The molecule has 0 aliphatic carbocycles. The van der Waals surface area contributed by atoms with E-state index in [0.29, 0.717) is 41.5 Å². The number of thiazole rings is 1. The highest BCUT2D eigenvalue weighted by Gasteiger charge is 2.40. The first-order chi connectivity index (χ1) is 42.6. The van der Waals surface area contributed by atoms with Crippen LogP contribution in [-0.4, -0.2) is 165 Å². The standard InChI is InChI=1S/C66H96N10O14S/c1-16-18-22-31-76(15,36-46-25-27-47(28-26-46)69-58(81)43(9)68-61(84)56(40(5)6)73-60(83)51(75-54(79)29-30-55(75)80)35-67-65(88)90-66(11,12)13)37-53(78)72-57(41(7)17-2)63(85)74(14)50(39(3)4)34-52(89-44(10)77)62-71-49(38-91-62)59(82)70-48(32-42(8)64(86)87)33-45-23-20-19-21-24-45/h19-21,23-30,38-43,48,50-52,56-57H,16-18,22,31-37H2,1-15H3,(H6-,67,68,69,70,72,73,78,81,82,83,84,86,87,88)/p+1/t41-,42-,43-,48+,50+,51-,52+,56-,57-,76?/m0/s1. The fraction of sp³-hybridized carbons (Fsp3) is 0.576. The van der Waals surface area contributed by atoms with Crippen molar-refractivity contribution in [3.05, 3.63) is 94.0 Å². The first-order valence-corrected chi connectivity index (χ1v) is 32.2. The van der Waals surface area contributed by atoms with Gasteiger partial charge in [0.05, 0.1) is 26.1 Å². The van der Waals surface area contributed by atoms with Crippen molar-refractivity contribution in [2.24, 2.45) is 23.7 Å². The van der Waals surface area contributed by atoms with Gasteiger partial charge in [-0.05, 0) is 88.8 Å². The summed E-state index contributed by atoms with van der Waals surface area (Å²) >= 11 is 1.13. The van der Waals surface area contributed by atoms with E-state index in [1.807, 2.05) is 77.2 Å². The number of nitrogens with one attached hydrogen (secondary N) is 6. The van der Waals surface area contributed by atoms with Crippen LogP contribution in [0.4, 0.5) is 10.5 Å². The molecule has 1 aliphatic rings. The molecule has 10 atom stereocenters. The SMILES string of the molecule is CCCCC[N+](C)(CC(=O)N[C@H](C(=O)N(C)[C@H](C[C@@H](OC(C)=O)c1nc(C(=O)N[C@@H](Cc2ccccc2)C[C@H](C)C(=O)O)cs1)C(C)C)[C@@H](C)CC)Cc1ccc(NC(=O)[C@H](C)NC(=O)[C@@H](NC(=O)[C@H](CNC(=O)OC(C)(C)C)N2C(=O)C=CC2=O)C(C)C)cc1. The lowest BCUT2D eigenvalue weighted by Crippen LogP contribution is -2.60. The van der Waals surface area contributed by atoms with Gasteiger partial charge in [0.1, 0.15) is 47.0 Å². The maximum absolute atomic E-state index is 14.8. The minimum atomic E-state index is -1.54. The van der Waals surface area contributed by atoms with Gasteiger partial charge in [0, 0.05) is 61.3 Å². The number of carbonyl (C=O) groups excluding carboxylic acids is 10.